The second kappa shape index (κ2) is 8.16. The second-order valence-corrected chi connectivity index (χ2v) is 8.51. The fourth-order valence-corrected chi connectivity index (χ4v) is 5.38. The number of benzene rings is 3. The number of thioether (sulfide) groups is 1. The summed E-state index contributed by atoms with van der Waals surface area (Å²) in [6.45, 7) is 2.10. The van der Waals surface area contributed by atoms with Crippen molar-refractivity contribution in [3.63, 3.8) is 0 Å². The Morgan fingerprint density at radius 2 is 1.44 bits per heavy atom. The quantitative estimate of drug-likeness (QED) is 0.522. The van der Waals surface area contributed by atoms with E-state index in [4.69, 9.17) is 14.9 Å². The molecule has 160 valence electrons. The fourth-order valence-electron chi connectivity index (χ4n) is 4.07. The van der Waals surface area contributed by atoms with Crippen molar-refractivity contribution in [3.8, 4) is 0 Å². The van der Waals surface area contributed by atoms with E-state index in [9.17, 15) is 4.79 Å². The van der Waals surface area contributed by atoms with E-state index >= 15 is 0 Å². The molecule has 32 heavy (non-hydrogen) atoms. The molecule has 1 unspecified atom stereocenters. The Balaban J connectivity index is 1.81. The van der Waals surface area contributed by atoms with Crippen LogP contribution in [-0.4, -0.2) is 23.8 Å². The van der Waals surface area contributed by atoms with E-state index in [0.717, 1.165) is 34.6 Å². The third-order valence-corrected chi connectivity index (χ3v) is 6.80. The molecule has 0 aromatic heterocycles. The topological polar surface area (TPSA) is 57.5 Å². The second-order valence-electron chi connectivity index (χ2n) is 7.35. The van der Waals surface area contributed by atoms with E-state index < -0.39 is 11.0 Å². The molecule has 5 rings (SSSR count). The SMILES string of the molecule is CCC1=NN(c2ccccc2)C2(SC(C(=O)OC)=NN2c2ccccc2)c2ccccc21. The molecule has 2 aliphatic rings. The van der Waals surface area contributed by atoms with Gasteiger partial charge in [-0.3, -0.25) is 0 Å². The van der Waals surface area contributed by atoms with E-state index in [-0.39, 0.29) is 5.04 Å². The number of hydrogen-bond donors (Lipinski definition) is 0. The average Bonchev–Trinajstić information content (AvgIpc) is 3.26. The van der Waals surface area contributed by atoms with Crippen molar-refractivity contribution in [2.24, 2.45) is 10.2 Å². The monoisotopic (exact) mass is 442 g/mol. The molecule has 0 amide bonds. The maximum absolute atomic E-state index is 12.6. The number of para-hydroxylation sites is 2. The molecule has 1 spiro atoms. The zero-order valence-corrected chi connectivity index (χ0v) is 18.6. The summed E-state index contributed by atoms with van der Waals surface area (Å²) in [7, 11) is 1.38. The maximum atomic E-state index is 12.6. The lowest BCUT2D eigenvalue weighted by Crippen LogP contribution is -2.53. The lowest BCUT2D eigenvalue weighted by atomic mass is 9.96. The summed E-state index contributed by atoms with van der Waals surface area (Å²) < 4.78 is 5.05. The Hall–Kier alpha value is -3.58. The number of hydrogen-bond acceptors (Lipinski definition) is 7. The number of hydrazone groups is 2. The van der Waals surface area contributed by atoms with Crippen molar-refractivity contribution < 1.29 is 9.53 Å². The molecule has 2 aliphatic heterocycles. The minimum Gasteiger partial charge on any atom is -0.464 e. The van der Waals surface area contributed by atoms with Crippen molar-refractivity contribution >= 4 is 39.9 Å². The summed E-state index contributed by atoms with van der Waals surface area (Å²) in [5, 5.41) is 14.0. The number of ether oxygens (including phenoxy) is 1. The standard InChI is InChI=1S/C25H22N4O2S/c1-3-22-20-16-10-11-17-21(20)25(28(26-22)18-12-6-4-7-13-18)29(19-14-8-5-9-15-19)27-23(32-25)24(30)31-2/h4-17H,3H2,1-2H3. The first-order chi connectivity index (χ1) is 15.7. The van der Waals surface area contributed by atoms with E-state index in [0.29, 0.717) is 0 Å². The summed E-state index contributed by atoms with van der Waals surface area (Å²) >= 11 is 1.35. The van der Waals surface area contributed by atoms with Crippen LogP contribution in [0.25, 0.3) is 0 Å². The van der Waals surface area contributed by atoms with Crippen LogP contribution in [0.1, 0.15) is 24.5 Å². The van der Waals surface area contributed by atoms with Crippen LogP contribution in [0.4, 0.5) is 11.4 Å². The van der Waals surface area contributed by atoms with Gasteiger partial charge in [0.15, 0.2) is 0 Å². The molecule has 1 atom stereocenters. The molecule has 0 aliphatic carbocycles. The summed E-state index contributed by atoms with van der Waals surface area (Å²) in [5.41, 5.74) is 4.81. The van der Waals surface area contributed by atoms with Gasteiger partial charge < -0.3 is 4.74 Å². The summed E-state index contributed by atoms with van der Waals surface area (Å²) in [4.78, 5) is 11.7. The van der Waals surface area contributed by atoms with Gasteiger partial charge in [0.05, 0.1) is 24.2 Å². The summed E-state index contributed by atoms with van der Waals surface area (Å²) in [6.07, 6.45) is 0.775. The molecule has 0 bridgehead atoms. The molecule has 0 fully saturated rings. The number of fused-ring (bicyclic) bond motifs is 2. The van der Waals surface area contributed by atoms with Crippen LogP contribution >= 0.6 is 11.8 Å². The van der Waals surface area contributed by atoms with Crippen molar-refractivity contribution in [3.05, 3.63) is 96.1 Å². The Bertz CT molecular complexity index is 1210. The zero-order valence-electron chi connectivity index (χ0n) is 17.8. The van der Waals surface area contributed by atoms with Crippen LogP contribution in [0.5, 0.6) is 0 Å². The normalized spacial score (nSPS) is 19.4. The van der Waals surface area contributed by atoms with Gasteiger partial charge in [0.2, 0.25) is 10.0 Å². The molecule has 0 N–H and O–H groups in total. The number of carbonyl (C=O) groups excluding carboxylic acids is 1. The summed E-state index contributed by atoms with van der Waals surface area (Å²) in [6, 6.07) is 28.0. The number of carbonyl (C=O) groups is 1. The smallest absolute Gasteiger partial charge is 0.365 e. The molecule has 7 heteroatoms. The van der Waals surface area contributed by atoms with E-state index in [1.165, 1.54) is 18.9 Å². The van der Waals surface area contributed by atoms with Crippen molar-refractivity contribution in [1.82, 2.24) is 0 Å². The van der Waals surface area contributed by atoms with Crippen LogP contribution < -0.4 is 10.0 Å². The van der Waals surface area contributed by atoms with Gasteiger partial charge >= 0.3 is 5.97 Å². The van der Waals surface area contributed by atoms with Crippen molar-refractivity contribution in [2.75, 3.05) is 17.1 Å². The predicted octanol–water partition coefficient (Wildman–Crippen LogP) is 5.17. The Morgan fingerprint density at radius 1 is 0.875 bits per heavy atom. The average molecular weight is 443 g/mol. The highest BCUT2D eigenvalue weighted by molar-refractivity contribution is 8.16. The van der Waals surface area contributed by atoms with E-state index in [1.54, 1.807) is 0 Å². The highest BCUT2D eigenvalue weighted by atomic mass is 32.2. The van der Waals surface area contributed by atoms with Crippen LogP contribution in [0.2, 0.25) is 0 Å². The maximum Gasteiger partial charge on any atom is 0.365 e. The van der Waals surface area contributed by atoms with Crippen LogP contribution in [0, 0.1) is 0 Å². The molecule has 3 aromatic carbocycles. The van der Waals surface area contributed by atoms with Gasteiger partial charge in [0, 0.05) is 11.1 Å². The minimum atomic E-state index is -0.929. The van der Waals surface area contributed by atoms with Gasteiger partial charge in [0.1, 0.15) is 0 Å². The van der Waals surface area contributed by atoms with Gasteiger partial charge in [-0.05, 0) is 42.4 Å². The van der Waals surface area contributed by atoms with Gasteiger partial charge in [-0.25, -0.2) is 14.8 Å². The molecule has 0 saturated carbocycles. The van der Waals surface area contributed by atoms with Gasteiger partial charge in [-0.2, -0.15) is 10.2 Å². The predicted molar refractivity (Wildman–Crippen MR) is 130 cm³/mol. The molecular weight excluding hydrogens is 420 g/mol. The third kappa shape index (κ3) is 3.08. The first-order valence-corrected chi connectivity index (χ1v) is 11.2. The highest BCUT2D eigenvalue weighted by Crippen LogP contribution is 2.54. The Labute approximate surface area is 191 Å². The first kappa shape index (κ1) is 20.3. The van der Waals surface area contributed by atoms with E-state index in [1.807, 2.05) is 82.8 Å². The highest BCUT2D eigenvalue weighted by Gasteiger charge is 2.56. The van der Waals surface area contributed by atoms with Crippen LogP contribution in [-0.2, 0) is 14.5 Å². The summed E-state index contributed by atoms with van der Waals surface area (Å²) in [5.74, 6) is -0.469. The number of anilines is 2. The first-order valence-electron chi connectivity index (χ1n) is 10.4. The van der Waals surface area contributed by atoms with E-state index in [2.05, 4.69) is 19.1 Å². The Kier molecular flexibility index (Phi) is 5.19. The fraction of sp³-hybridized carbons (Fsp3) is 0.160. The van der Waals surface area contributed by atoms with Gasteiger partial charge in [-0.15, -0.1) is 0 Å². The largest absolute Gasteiger partial charge is 0.464 e. The van der Waals surface area contributed by atoms with Crippen molar-refractivity contribution in [1.29, 1.82) is 0 Å². The molecule has 0 radical (unpaired) electrons. The lowest BCUT2D eigenvalue weighted by molar-refractivity contribution is -0.132. The zero-order chi connectivity index (χ0) is 22.1. The number of esters is 1. The van der Waals surface area contributed by atoms with Crippen LogP contribution in [0.15, 0.2) is 95.1 Å². The number of nitrogens with zero attached hydrogens (tertiary/aromatic N) is 4. The molecule has 6 nitrogen and oxygen atoms in total. The van der Waals surface area contributed by atoms with Gasteiger partial charge in [-0.1, -0.05) is 67.6 Å². The molecular formula is C25H22N4O2S. The van der Waals surface area contributed by atoms with Crippen LogP contribution in [0.3, 0.4) is 0 Å². The van der Waals surface area contributed by atoms with Gasteiger partial charge in [0.25, 0.3) is 0 Å². The minimum absolute atomic E-state index is 0.280. The Morgan fingerprint density at radius 3 is 2.03 bits per heavy atom. The number of methoxy groups -OCH3 is 1. The molecule has 3 aromatic rings. The number of rotatable bonds is 4. The lowest BCUT2D eigenvalue weighted by Gasteiger charge is -2.47. The van der Waals surface area contributed by atoms with Crippen molar-refractivity contribution in [2.45, 2.75) is 18.3 Å². The third-order valence-electron chi connectivity index (χ3n) is 5.51. The molecule has 0 saturated heterocycles. The molecule has 2 heterocycles.